The summed E-state index contributed by atoms with van der Waals surface area (Å²) in [5.74, 6) is -1.23. The molecule has 0 saturated carbocycles. The summed E-state index contributed by atoms with van der Waals surface area (Å²) in [6.07, 6.45) is 0. The molecule has 21 heavy (non-hydrogen) atoms. The fourth-order valence-corrected chi connectivity index (χ4v) is 2.23. The summed E-state index contributed by atoms with van der Waals surface area (Å²) in [7, 11) is 1.23. The van der Waals surface area contributed by atoms with Crippen LogP contribution in [0, 0.1) is 19.7 Å². The first-order valence-corrected chi connectivity index (χ1v) is 6.69. The molecule has 110 valence electrons. The number of carbonyl (C=O) groups excluding carboxylic acids is 1. The molecule has 1 N–H and O–H groups in total. The topological polar surface area (TPSA) is 38.3 Å². The van der Waals surface area contributed by atoms with E-state index in [0.717, 1.165) is 22.4 Å². The van der Waals surface area contributed by atoms with Crippen LogP contribution in [0.3, 0.4) is 0 Å². The van der Waals surface area contributed by atoms with Crippen LogP contribution in [0.25, 0.3) is 0 Å². The number of para-hydroxylation sites is 1. The Bertz CT molecular complexity index is 648. The standard InChI is InChI=1S/C17H18FNO2/c1-11-5-4-6-12(2)16(11)19-10-13-7-8-14(15(18)9-13)17(20)21-3/h4-9,19H,10H2,1-3H3. The van der Waals surface area contributed by atoms with E-state index >= 15 is 0 Å². The van der Waals surface area contributed by atoms with Crippen molar-refractivity contribution in [3.8, 4) is 0 Å². The van der Waals surface area contributed by atoms with Gasteiger partial charge < -0.3 is 10.1 Å². The summed E-state index contributed by atoms with van der Waals surface area (Å²) in [6, 6.07) is 10.6. The Kier molecular flexibility index (Phi) is 4.58. The average Bonchev–Trinajstić information content (AvgIpc) is 2.46. The number of rotatable bonds is 4. The summed E-state index contributed by atoms with van der Waals surface area (Å²) in [4.78, 5) is 11.3. The van der Waals surface area contributed by atoms with Gasteiger partial charge in [0.25, 0.3) is 0 Å². The van der Waals surface area contributed by atoms with Crippen molar-refractivity contribution in [3.63, 3.8) is 0 Å². The molecule has 0 saturated heterocycles. The Labute approximate surface area is 123 Å². The number of anilines is 1. The van der Waals surface area contributed by atoms with Crippen LogP contribution in [-0.2, 0) is 11.3 Å². The summed E-state index contributed by atoms with van der Waals surface area (Å²) in [5, 5.41) is 3.30. The summed E-state index contributed by atoms with van der Waals surface area (Å²) < 4.78 is 18.4. The van der Waals surface area contributed by atoms with Crippen molar-refractivity contribution < 1.29 is 13.9 Å². The van der Waals surface area contributed by atoms with Crippen molar-refractivity contribution >= 4 is 11.7 Å². The first kappa shape index (κ1) is 15.0. The van der Waals surface area contributed by atoms with Gasteiger partial charge in [0.2, 0.25) is 0 Å². The molecule has 4 heteroatoms. The van der Waals surface area contributed by atoms with Crippen LogP contribution in [0.1, 0.15) is 27.0 Å². The van der Waals surface area contributed by atoms with E-state index in [4.69, 9.17) is 0 Å². The number of methoxy groups -OCH3 is 1. The Hall–Kier alpha value is -2.36. The van der Waals surface area contributed by atoms with Gasteiger partial charge in [-0.1, -0.05) is 24.3 Å². The third-order valence-corrected chi connectivity index (χ3v) is 3.39. The van der Waals surface area contributed by atoms with Gasteiger partial charge in [-0.3, -0.25) is 0 Å². The third-order valence-electron chi connectivity index (χ3n) is 3.39. The number of ether oxygens (including phenoxy) is 1. The summed E-state index contributed by atoms with van der Waals surface area (Å²) >= 11 is 0. The lowest BCUT2D eigenvalue weighted by Crippen LogP contribution is -2.07. The molecule has 0 aliphatic heterocycles. The van der Waals surface area contributed by atoms with E-state index in [1.54, 1.807) is 6.07 Å². The number of nitrogens with one attached hydrogen (secondary N) is 1. The van der Waals surface area contributed by atoms with E-state index < -0.39 is 11.8 Å². The van der Waals surface area contributed by atoms with Crippen molar-refractivity contribution in [2.24, 2.45) is 0 Å². The predicted molar refractivity (Wildman–Crippen MR) is 81.0 cm³/mol. The zero-order valence-corrected chi connectivity index (χ0v) is 12.4. The van der Waals surface area contributed by atoms with Crippen LogP contribution in [-0.4, -0.2) is 13.1 Å². The van der Waals surface area contributed by atoms with Crippen LogP contribution in [0.15, 0.2) is 36.4 Å². The van der Waals surface area contributed by atoms with Gasteiger partial charge in [0.1, 0.15) is 5.82 Å². The van der Waals surface area contributed by atoms with E-state index in [-0.39, 0.29) is 5.56 Å². The molecule has 0 aromatic heterocycles. The highest BCUT2D eigenvalue weighted by Gasteiger charge is 2.12. The average molecular weight is 287 g/mol. The van der Waals surface area contributed by atoms with Crippen LogP contribution in [0.4, 0.5) is 10.1 Å². The molecule has 0 amide bonds. The van der Waals surface area contributed by atoms with E-state index in [1.165, 1.54) is 19.2 Å². The van der Waals surface area contributed by atoms with Gasteiger partial charge in [0.15, 0.2) is 0 Å². The summed E-state index contributed by atoms with van der Waals surface area (Å²) in [5.41, 5.74) is 4.05. The molecule has 0 unspecified atom stereocenters. The van der Waals surface area contributed by atoms with Crippen molar-refractivity contribution in [1.29, 1.82) is 0 Å². The van der Waals surface area contributed by atoms with Crippen LogP contribution < -0.4 is 5.32 Å². The van der Waals surface area contributed by atoms with Gasteiger partial charge in [0.05, 0.1) is 12.7 Å². The van der Waals surface area contributed by atoms with Crippen molar-refractivity contribution in [3.05, 3.63) is 64.5 Å². The second-order valence-corrected chi connectivity index (χ2v) is 4.93. The van der Waals surface area contributed by atoms with Crippen LogP contribution in [0.5, 0.6) is 0 Å². The third kappa shape index (κ3) is 3.40. The lowest BCUT2D eigenvalue weighted by Gasteiger charge is -2.13. The number of carbonyl (C=O) groups is 1. The van der Waals surface area contributed by atoms with Gasteiger partial charge in [0, 0.05) is 12.2 Å². The lowest BCUT2D eigenvalue weighted by atomic mass is 10.1. The van der Waals surface area contributed by atoms with E-state index in [9.17, 15) is 9.18 Å². The van der Waals surface area contributed by atoms with Crippen molar-refractivity contribution in [2.45, 2.75) is 20.4 Å². The fourth-order valence-electron chi connectivity index (χ4n) is 2.23. The minimum absolute atomic E-state index is 0.0478. The molecule has 0 radical (unpaired) electrons. The highest BCUT2D eigenvalue weighted by atomic mass is 19.1. The van der Waals surface area contributed by atoms with Crippen molar-refractivity contribution in [2.75, 3.05) is 12.4 Å². The predicted octanol–water partition coefficient (Wildman–Crippen LogP) is 3.84. The fraction of sp³-hybridized carbons (Fsp3) is 0.235. The molecule has 0 fully saturated rings. The number of aryl methyl sites for hydroxylation is 2. The maximum atomic E-state index is 13.8. The molecule has 0 heterocycles. The SMILES string of the molecule is COC(=O)c1ccc(CNc2c(C)cccc2C)cc1F. The minimum atomic E-state index is -0.665. The van der Waals surface area contributed by atoms with E-state index in [0.29, 0.717) is 6.54 Å². The van der Waals surface area contributed by atoms with Crippen LogP contribution in [0.2, 0.25) is 0 Å². The van der Waals surface area contributed by atoms with Gasteiger partial charge in [-0.2, -0.15) is 0 Å². The smallest absolute Gasteiger partial charge is 0.340 e. The number of hydrogen-bond acceptors (Lipinski definition) is 3. The van der Waals surface area contributed by atoms with Crippen LogP contribution >= 0.6 is 0 Å². The molecule has 0 aliphatic carbocycles. The second-order valence-electron chi connectivity index (χ2n) is 4.93. The zero-order valence-electron chi connectivity index (χ0n) is 12.4. The van der Waals surface area contributed by atoms with E-state index in [1.807, 2.05) is 32.0 Å². The monoisotopic (exact) mass is 287 g/mol. The quantitative estimate of drug-likeness (QED) is 0.868. The second kappa shape index (κ2) is 6.39. The van der Waals surface area contributed by atoms with Gasteiger partial charge >= 0.3 is 5.97 Å². The Morgan fingerprint density at radius 3 is 2.43 bits per heavy atom. The number of hydrogen-bond donors (Lipinski definition) is 1. The Balaban J connectivity index is 2.14. The molecule has 0 bridgehead atoms. The first-order chi connectivity index (χ1) is 10.0. The Morgan fingerprint density at radius 2 is 1.86 bits per heavy atom. The molecule has 2 rings (SSSR count). The minimum Gasteiger partial charge on any atom is -0.465 e. The molecule has 2 aromatic rings. The Morgan fingerprint density at radius 1 is 1.19 bits per heavy atom. The molecule has 0 spiro atoms. The van der Waals surface area contributed by atoms with Gasteiger partial charge in [-0.15, -0.1) is 0 Å². The van der Waals surface area contributed by atoms with Gasteiger partial charge in [-0.05, 0) is 42.7 Å². The molecule has 0 aliphatic rings. The van der Waals surface area contributed by atoms with E-state index in [2.05, 4.69) is 10.1 Å². The largest absolute Gasteiger partial charge is 0.465 e. The highest BCUT2D eigenvalue weighted by molar-refractivity contribution is 5.89. The molecule has 3 nitrogen and oxygen atoms in total. The number of esters is 1. The normalized spacial score (nSPS) is 10.3. The molecular formula is C17H18FNO2. The number of benzene rings is 2. The maximum absolute atomic E-state index is 13.8. The maximum Gasteiger partial charge on any atom is 0.340 e. The molecule has 2 aromatic carbocycles. The first-order valence-electron chi connectivity index (χ1n) is 6.69. The lowest BCUT2D eigenvalue weighted by molar-refractivity contribution is 0.0595. The highest BCUT2D eigenvalue weighted by Crippen LogP contribution is 2.21. The summed E-state index contributed by atoms with van der Waals surface area (Å²) in [6.45, 7) is 4.54. The number of halogens is 1. The zero-order chi connectivity index (χ0) is 15.4. The van der Waals surface area contributed by atoms with Crippen molar-refractivity contribution in [1.82, 2.24) is 0 Å². The molecular weight excluding hydrogens is 269 g/mol. The molecule has 0 atom stereocenters. The van der Waals surface area contributed by atoms with Gasteiger partial charge in [-0.25, -0.2) is 9.18 Å².